The Morgan fingerprint density at radius 2 is 1.92 bits per heavy atom. The number of hydrogen-bond donors (Lipinski definition) is 2. The summed E-state index contributed by atoms with van der Waals surface area (Å²) in [5.41, 5.74) is 2.33. The Hall–Kier alpha value is -3.09. The average Bonchev–Trinajstić information content (AvgIpc) is 2.59. The molecule has 0 fully saturated rings. The van der Waals surface area contributed by atoms with Gasteiger partial charge in [0, 0.05) is 11.8 Å². The molecule has 2 amide bonds. The number of rotatable bonds is 5. The number of carbonyl (C=O) groups excluding carboxylic acids is 3. The van der Waals surface area contributed by atoms with E-state index in [1.165, 1.54) is 13.2 Å². The maximum Gasteiger partial charge on any atom is 0.338 e. The van der Waals surface area contributed by atoms with E-state index in [0.717, 1.165) is 11.1 Å². The van der Waals surface area contributed by atoms with Gasteiger partial charge in [0.2, 0.25) is 0 Å². The first-order chi connectivity index (χ1) is 12.0. The molecule has 0 radical (unpaired) electrons. The summed E-state index contributed by atoms with van der Waals surface area (Å²) in [7, 11) is 1.31. The Bertz CT molecular complexity index is 734. The van der Waals surface area contributed by atoms with Gasteiger partial charge >= 0.3 is 18.0 Å². The van der Waals surface area contributed by atoms with E-state index in [9.17, 15) is 14.4 Å². The molecule has 7 nitrogen and oxygen atoms in total. The molecule has 25 heavy (non-hydrogen) atoms. The Morgan fingerprint density at radius 1 is 1.24 bits per heavy atom. The fraction of sp³-hybridized carbons (Fsp3) is 0.278. The standard InChI is InChI=1S/C18H20N2O5/c1-4-25-17(22)15-11(2)19-18(23)20-16(15)13-8-5-12(6-9-13)7-10-14(21)24-3/h5-10,16H,4H2,1-3H3,(H2,19,20,23)/b10-7+. The predicted octanol–water partition coefficient (Wildman–Crippen LogP) is 2.06. The van der Waals surface area contributed by atoms with E-state index in [-0.39, 0.29) is 12.6 Å². The smallest absolute Gasteiger partial charge is 0.338 e. The zero-order valence-electron chi connectivity index (χ0n) is 14.3. The van der Waals surface area contributed by atoms with Crippen LogP contribution in [0, 0.1) is 0 Å². The predicted molar refractivity (Wildman–Crippen MR) is 91.2 cm³/mol. The first-order valence-corrected chi connectivity index (χ1v) is 7.77. The second-order valence-corrected chi connectivity index (χ2v) is 5.31. The molecule has 0 aliphatic carbocycles. The summed E-state index contributed by atoms with van der Waals surface area (Å²) in [5, 5.41) is 5.32. The van der Waals surface area contributed by atoms with Crippen LogP contribution in [-0.4, -0.2) is 31.7 Å². The van der Waals surface area contributed by atoms with Gasteiger partial charge in [-0.25, -0.2) is 14.4 Å². The van der Waals surface area contributed by atoms with Crippen LogP contribution in [0.1, 0.15) is 31.0 Å². The van der Waals surface area contributed by atoms with E-state index < -0.39 is 18.0 Å². The summed E-state index contributed by atoms with van der Waals surface area (Å²) in [6.07, 6.45) is 2.93. The van der Waals surface area contributed by atoms with Crippen LogP contribution < -0.4 is 10.6 Å². The summed E-state index contributed by atoms with van der Waals surface area (Å²) < 4.78 is 9.63. The largest absolute Gasteiger partial charge is 0.466 e. The summed E-state index contributed by atoms with van der Waals surface area (Å²) in [6.45, 7) is 3.62. The highest BCUT2D eigenvalue weighted by Gasteiger charge is 2.31. The van der Waals surface area contributed by atoms with E-state index in [1.54, 1.807) is 44.2 Å². The summed E-state index contributed by atoms with van der Waals surface area (Å²) >= 11 is 0. The number of amides is 2. The van der Waals surface area contributed by atoms with Crippen molar-refractivity contribution >= 4 is 24.0 Å². The lowest BCUT2D eigenvalue weighted by molar-refractivity contribution is -0.139. The minimum absolute atomic E-state index is 0.244. The molecule has 1 aromatic rings. The molecule has 0 bridgehead atoms. The third kappa shape index (κ3) is 4.47. The third-order valence-corrected chi connectivity index (χ3v) is 3.65. The summed E-state index contributed by atoms with van der Waals surface area (Å²) in [6, 6.07) is 6.12. The van der Waals surface area contributed by atoms with E-state index in [0.29, 0.717) is 11.3 Å². The monoisotopic (exact) mass is 344 g/mol. The SMILES string of the molecule is CCOC(=O)C1=C(C)NC(=O)NC1c1ccc(/C=C/C(=O)OC)cc1. The molecule has 0 spiro atoms. The molecular weight excluding hydrogens is 324 g/mol. The van der Waals surface area contributed by atoms with Crippen molar-refractivity contribution in [2.24, 2.45) is 0 Å². The number of ether oxygens (including phenoxy) is 2. The lowest BCUT2D eigenvalue weighted by atomic mass is 9.95. The number of carbonyl (C=O) groups is 3. The fourth-order valence-electron chi connectivity index (χ4n) is 2.46. The first kappa shape index (κ1) is 18.3. The van der Waals surface area contributed by atoms with Crippen molar-refractivity contribution in [3.05, 3.63) is 52.7 Å². The second-order valence-electron chi connectivity index (χ2n) is 5.31. The van der Waals surface area contributed by atoms with Crippen molar-refractivity contribution in [3.8, 4) is 0 Å². The number of esters is 2. The zero-order chi connectivity index (χ0) is 18.4. The molecule has 1 unspecified atom stereocenters. The Kier molecular flexibility index (Phi) is 5.94. The van der Waals surface area contributed by atoms with E-state index in [4.69, 9.17) is 4.74 Å². The van der Waals surface area contributed by atoms with Gasteiger partial charge in [0.25, 0.3) is 0 Å². The molecule has 1 aromatic carbocycles. The quantitative estimate of drug-likeness (QED) is 0.630. The highest BCUT2D eigenvalue weighted by Crippen LogP contribution is 2.27. The number of benzene rings is 1. The molecule has 1 aliphatic rings. The van der Waals surface area contributed by atoms with Gasteiger partial charge in [0.1, 0.15) is 0 Å². The maximum atomic E-state index is 12.2. The molecular formula is C18H20N2O5. The van der Waals surface area contributed by atoms with Gasteiger partial charge in [0.15, 0.2) is 0 Å². The van der Waals surface area contributed by atoms with Crippen molar-refractivity contribution in [3.63, 3.8) is 0 Å². The van der Waals surface area contributed by atoms with Crippen LogP contribution in [0.3, 0.4) is 0 Å². The Labute approximate surface area is 145 Å². The molecule has 2 rings (SSSR count). The fourth-order valence-corrected chi connectivity index (χ4v) is 2.46. The van der Waals surface area contributed by atoms with Crippen molar-refractivity contribution < 1.29 is 23.9 Å². The van der Waals surface area contributed by atoms with Gasteiger partial charge in [0.05, 0.1) is 25.3 Å². The molecule has 132 valence electrons. The van der Waals surface area contributed by atoms with Crippen LogP contribution in [-0.2, 0) is 19.1 Å². The van der Waals surface area contributed by atoms with Gasteiger partial charge in [-0.1, -0.05) is 24.3 Å². The minimum atomic E-state index is -0.605. The topological polar surface area (TPSA) is 93.7 Å². The normalized spacial score (nSPS) is 17.1. The minimum Gasteiger partial charge on any atom is -0.466 e. The number of methoxy groups -OCH3 is 1. The van der Waals surface area contributed by atoms with Crippen LogP contribution in [0.25, 0.3) is 6.08 Å². The Balaban J connectivity index is 2.29. The third-order valence-electron chi connectivity index (χ3n) is 3.65. The van der Waals surface area contributed by atoms with Crippen molar-refractivity contribution in [2.45, 2.75) is 19.9 Å². The van der Waals surface area contributed by atoms with Crippen LogP contribution in [0.4, 0.5) is 4.79 Å². The summed E-state index contributed by atoms with van der Waals surface area (Å²) in [4.78, 5) is 35.2. The van der Waals surface area contributed by atoms with Gasteiger partial charge in [-0.05, 0) is 31.1 Å². The number of urea groups is 1. The maximum absolute atomic E-state index is 12.2. The van der Waals surface area contributed by atoms with Crippen molar-refractivity contribution in [2.75, 3.05) is 13.7 Å². The lowest BCUT2D eigenvalue weighted by Crippen LogP contribution is -2.45. The molecule has 1 atom stereocenters. The lowest BCUT2D eigenvalue weighted by Gasteiger charge is -2.28. The van der Waals surface area contributed by atoms with E-state index in [2.05, 4.69) is 15.4 Å². The van der Waals surface area contributed by atoms with Crippen LogP contribution in [0.2, 0.25) is 0 Å². The number of nitrogens with one attached hydrogen (secondary N) is 2. The first-order valence-electron chi connectivity index (χ1n) is 7.77. The van der Waals surface area contributed by atoms with Gasteiger partial charge < -0.3 is 20.1 Å². The molecule has 0 saturated heterocycles. The van der Waals surface area contributed by atoms with Crippen LogP contribution in [0.5, 0.6) is 0 Å². The van der Waals surface area contributed by atoms with Gasteiger partial charge in [-0.15, -0.1) is 0 Å². The van der Waals surface area contributed by atoms with Gasteiger partial charge in [-0.2, -0.15) is 0 Å². The molecule has 0 aromatic heterocycles. The van der Waals surface area contributed by atoms with Gasteiger partial charge in [-0.3, -0.25) is 0 Å². The highest BCUT2D eigenvalue weighted by atomic mass is 16.5. The Morgan fingerprint density at radius 3 is 2.52 bits per heavy atom. The molecule has 1 heterocycles. The summed E-state index contributed by atoms with van der Waals surface area (Å²) in [5.74, 6) is -0.926. The zero-order valence-corrected chi connectivity index (χ0v) is 14.3. The van der Waals surface area contributed by atoms with Crippen molar-refractivity contribution in [1.29, 1.82) is 0 Å². The number of hydrogen-bond acceptors (Lipinski definition) is 5. The molecule has 7 heteroatoms. The van der Waals surface area contributed by atoms with Crippen LogP contribution in [0.15, 0.2) is 41.6 Å². The average molecular weight is 344 g/mol. The van der Waals surface area contributed by atoms with E-state index >= 15 is 0 Å². The van der Waals surface area contributed by atoms with Crippen LogP contribution >= 0.6 is 0 Å². The highest BCUT2D eigenvalue weighted by molar-refractivity contribution is 5.95. The molecule has 1 aliphatic heterocycles. The van der Waals surface area contributed by atoms with Crippen molar-refractivity contribution in [1.82, 2.24) is 10.6 Å². The number of allylic oxidation sites excluding steroid dienone is 1. The van der Waals surface area contributed by atoms with E-state index in [1.807, 2.05) is 0 Å². The second kappa shape index (κ2) is 8.14. The molecule has 2 N–H and O–H groups in total. The molecule has 0 saturated carbocycles.